The zero-order valence-electron chi connectivity index (χ0n) is 11.3. The Balaban J connectivity index is 2.08. The maximum Gasteiger partial charge on any atom is 0.178 e. The first-order valence-corrected chi connectivity index (χ1v) is 8.12. The molecule has 0 bridgehead atoms. The zero-order chi connectivity index (χ0) is 14.3. The van der Waals surface area contributed by atoms with Gasteiger partial charge in [-0.3, -0.25) is 0 Å². The summed E-state index contributed by atoms with van der Waals surface area (Å²) in [4.78, 5) is 5.56. The molecule has 2 aromatic rings. The average Bonchev–Trinajstić information content (AvgIpc) is 2.74. The Bertz CT molecular complexity index is 694. The molecule has 3 nitrogen and oxygen atoms in total. The van der Waals surface area contributed by atoms with Gasteiger partial charge in [0.25, 0.3) is 0 Å². The molecule has 1 saturated heterocycles. The Hall–Kier alpha value is -0.720. The molecule has 6 heteroatoms. The van der Waals surface area contributed by atoms with Crippen LogP contribution in [-0.4, -0.2) is 34.1 Å². The minimum absolute atomic E-state index is 0.264. The van der Waals surface area contributed by atoms with Crippen LogP contribution in [0.5, 0.6) is 0 Å². The largest absolute Gasteiger partial charge is 0.330 e. The van der Waals surface area contributed by atoms with Gasteiger partial charge in [0.2, 0.25) is 0 Å². The van der Waals surface area contributed by atoms with Crippen molar-refractivity contribution in [2.75, 3.05) is 19.6 Å². The van der Waals surface area contributed by atoms with E-state index in [9.17, 15) is 4.39 Å². The van der Waals surface area contributed by atoms with E-state index in [1.807, 2.05) is 6.07 Å². The number of hydrogen-bond acceptors (Lipinski definition) is 2. The molecule has 1 aliphatic heterocycles. The highest BCUT2D eigenvalue weighted by molar-refractivity contribution is 9.10. The van der Waals surface area contributed by atoms with E-state index in [1.54, 1.807) is 0 Å². The van der Waals surface area contributed by atoms with Gasteiger partial charge in [-0.2, -0.15) is 0 Å². The average molecular weight is 358 g/mol. The summed E-state index contributed by atoms with van der Waals surface area (Å²) in [5.74, 6) is -0.264. The second-order valence-electron chi connectivity index (χ2n) is 5.27. The van der Waals surface area contributed by atoms with Gasteiger partial charge in [0.1, 0.15) is 5.82 Å². The van der Waals surface area contributed by atoms with Crippen molar-refractivity contribution in [1.29, 1.82) is 0 Å². The number of aromatic nitrogens is 2. The smallest absolute Gasteiger partial charge is 0.178 e. The molecule has 3 rings (SSSR count). The van der Waals surface area contributed by atoms with Gasteiger partial charge >= 0.3 is 0 Å². The maximum absolute atomic E-state index is 13.6. The highest BCUT2D eigenvalue weighted by Crippen LogP contribution is 2.29. The molecule has 0 amide bonds. The van der Waals surface area contributed by atoms with Gasteiger partial charge in [0.05, 0.1) is 15.5 Å². The molecular weight excluding hydrogens is 341 g/mol. The molecule has 1 atom stereocenters. The van der Waals surface area contributed by atoms with Crippen LogP contribution in [0.15, 0.2) is 16.6 Å². The third-order valence-electron chi connectivity index (χ3n) is 4.05. The fourth-order valence-electron chi connectivity index (χ4n) is 3.01. The van der Waals surface area contributed by atoms with Gasteiger partial charge in [0, 0.05) is 18.7 Å². The second-order valence-corrected chi connectivity index (χ2v) is 6.51. The van der Waals surface area contributed by atoms with Crippen LogP contribution in [-0.2, 0) is 0 Å². The number of imidazole rings is 1. The molecule has 108 valence electrons. The van der Waals surface area contributed by atoms with E-state index in [-0.39, 0.29) is 5.82 Å². The Labute approximate surface area is 130 Å². The quantitative estimate of drug-likeness (QED) is 0.812. The number of fused-ring (bicyclic) bond motifs is 1. The van der Waals surface area contributed by atoms with Crippen molar-refractivity contribution in [2.24, 2.45) is 0 Å². The van der Waals surface area contributed by atoms with Gasteiger partial charge in [-0.15, -0.1) is 0 Å². The summed E-state index contributed by atoms with van der Waals surface area (Å²) in [6.45, 7) is 5.40. The number of likely N-dealkylation sites (N-methyl/N-ethyl adjacent to an activating group) is 1. The molecule has 1 aromatic heterocycles. The van der Waals surface area contributed by atoms with Crippen molar-refractivity contribution in [3.05, 3.63) is 27.2 Å². The minimum atomic E-state index is -0.264. The van der Waals surface area contributed by atoms with Crippen molar-refractivity contribution in [1.82, 2.24) is 14.5 Å². The number of aromatic amines is 1. The molecule has 1 fully saturated rings. The van der Waals surface area contributed by atoms with E-state index in [1.165, 1.54) is 12.5 Å². The van der Waals surface area contributed by atoms with Crippen LogP contribution in [0.1, 0.15) is 25.8 Å². The van der Waals surface area contributed by atoms with E-state index >= 15 is 0 Å². The summed E-state index contributed by atoms with van der Waals surface area (Å²) < 4.78 is 16.9. The third-order valence-corrected chi connectivity index (χ3v) is 4.96. The van der Waals surface area contributed by atoms with Crippen molar-refractivity contribution in [2.45, 2.75) is 25.8 Å². The number of nitrogens with one attached hydrogen (secondary N) is 1. The highest BCUT2D eigenvalue weighted by Gasteiger charge is 2.22. The molecule has 1 unspecified atom stereocenters. The van der Waals surface area contributed by atoms with Crippen LogP contribution in [0.3, 0.4) is 0 Å². The minimum Gasteiger partial charge on any atom is -0.330 e. The van der Waals surface area contributed by atoms with Crippen LogP contribution in [0.4, 0.5) is 4.39 Å². The lowest BCUT2D eigenvalue weighted by Crippen LogP contribution is -2.36. The number of rotatable bonds is 2. The lowest BCUT2D eigenvalue weighted by atomic mass is 10.1. The normalized spacial score (nSPS) is 20.6. The predicted octanol–water partition coefficient (Wildman–Crippen LogP) is 4.26. The summed E-state index contributed by atoms with van der Waals surface area (Å²) in [7, 11) is 0. The number of piperidine rings is 1. The van der Waals surface area contributed by atoms with Crippen LogP contribution in [0.2, 0.25) is 0 Å². The first-order chi connectivity index (χ1) is 9.60. The summed E-state index contributed by atoms with van der Waals surface area (Å²) >= 11 is 8.71. The van der Waals surface area contributed by atoms with Gasteiger partial charge in [-0.05, 0) is 60.1 Å². The summed E-state index contributed by atoms with van der Waals surface area (Å²) in [5.41, 5.74) is 1.75. The number of hydrogen-bond donors (Lipinski definition) is 1. The van der Waals surface area contributed by atoms with Crippen molar-refractivity contribution >= 4 is 39.2 Å². The van der Waals surface area contributed by atoms with E-state index in [2.05, 4.69) is 37.3 Å². The second kappa shape index (κ2) is 5.58. The third kappa shape index (κ3) is 2.44. The van der Waals surface area contributed by atoms with Crippen molar-refractivity contribution in [3.8, 4) is 0 Å². The first kappa shape index (κ1) is 14.2. The number of nitrogens with zero attached hydrogens (tertiary/aromatic N) is 2. The van der Waals surface area contributed by atoms with Crippen LogP contribution in [0, 0.1) is 10.6 Å². The fourth-order valence-corrected chi connectivity index (χ4v) is 3.70. The Morgan fingerprint density at radius 1 is 1.50 bits per heavy atom. The summed E-state index contributed by atoms with van der Waals surface area (Å²) in [6.07, 6.45) is 2.29. The topological polar surface area (TPSA) is 24.0 Å². The molecule has 1 aromatic carbocycles. The molecule has 0 saturated carbocycles. The number of likely N-dealkylation sites (tertiary alicyclic amines) is 1. The van der Waals surface area contributed by atoms with E-state index < -0.39 is 0 Å². The Kier molecular flexibility index (Phi) is 3.97. The number of H-pyrrole nitrogens is 1. The van der Waals surface area contributed by atoms with E-state index in [0.29, 0.717) is 15.3 Å². The van der Waals surface area contributed by atoms with Gasteiger partial charge in [0.15, 0.2) is 4.77 Å². The first-order valence-electron chi connectivity index (χ1n) is 6.91. The van der Waals surface area contributed by atoms with Crippen molar-refractivity contribution < 1.29 is 4.39 Å². The molecule has 0 spiro atoms. The Morgan fingerprint density at radius 3 is 3.05 bits per heavy atom. The van der Waals surface area contributed by atoms with Crippen LogP contribution >= 0.6 is 28.1 Å². The molecule has 1 N–H and O–H groups in total. The Morgan fingerprint density at radius 2 is 2.30 bits per heavy atom. The highest BCUT2D eigenvalue weighted by atomic mass is 79.9. The molecular formula is C14H17BrFN3S. The fraction of sp³-hybridized carbons (Fsp3) is 0.500. The summed E-state index contributed by atoms with van der Waals surface area (Å²) in [5, 5.41) is 0. The lowest BCUT2D eigenvalue weighted by molar-refractivity contribution is 0.186. The zero-order valence-corrected chi connectivity index (χ0v) is 13.7. The molecule has 20 heavy (non-hydrogen) atoms. The molecule has 0 aliphatic carbocycles. The SMILES string of the molecule is CCN1CCCC(n2c(=S)[nH]c3cc(F)c(Br)cc32)C1. The molecule has 2 heterocycles. The van der Waals surface area contributed by atoms with Crippen LogP contribution in [0.25, 0.3) is 11.0 Å². The van der Waals surface area contributed by atoms with Gasteiger partial charge in [-0.25, -0.2) is 4.39 Å². The molecule has 1 aliphatic rings. The molecule has 0 radical (unpaired) electrons. The van der Waals surface area contributed by atoms with E-state index in [4.69, 9.17) is 12.2 Å². The predicted molar refractivity (Wildman–Crippen MR) is 85.2 cm³/mol. The summed E-state index contributed by atoms with van der Waals surface area (Å²) in [6, 6.07) is 3.69. The lowest BCUT2D eigenvalue weighted by Gasteiger charge is -2.32. The van der Waals surface area contributed by atoms with Gasteiger partial charge in [-0.1, -0.05) is 6.92 Å². The van der Waals surface area contributed by atoms with Crippen LogP contribution < -0.4 is 0 Å². The van der Waals surface area contributed by atoms with E-state index in [0.717, 1.165) is 37.1 Å². The van der Waals surface area contributed by atoms with Crippen molar-refractivity contribution in [3.63, 3.8) is 0 Å². The monoisotopic (exact) mass is 357 g/mol. The maximum atomic E-state index is 13.6. The number of halogens is 2. The standard InChI is InChI=1S/C14H17BrFN3S/c1-2-18-5-3-4-9(8-18)19-13-6-10(15)11(16)7-12(13)17-14(19)20/h6-7,9H,2-5,8H2,1H3,(H,17,20). The number of benzene rings is 1. The van der Waals surface area contributed by atoms with Gasteiger partial charge < -0.3 is 14.5 Å².